The summed E-state index contributed by atoms with van der Waals surface area (Å²) in [5, 5.41) is 8.62. The third kappa shape index (κ3) is 3.07. The summed E-state index contributed by atoms with van der Waals surface area (Å²) in [6.07, 6.45) is 0.603. The van der Waals surface area contributed by atoms with E-state index in [-0.39, 0.29) is 12.5 Å². The zero-order valence-electron chi connectivity index (χ0n) is 10.1. The van der Waals surface area contributed by atoms with E-state index in [1.54, 1.807) is 0 Å². The van der Waals surface area contributed by atoms with Gasteiger partial charge in [0.15, 0.2) is 0 Å². The van der Waals surface area contributed by atoms with Crippen LogP contribution in [0.2, 0.25) is 0 Å². The summed E-state index contributed by atoms with van der Waals surface area (Å²) in [5.41, 5.74) is 10.6. The monoisotopic (exact) mass is 221 g/mol. The number of nitrogens with two attached hydrogens (primary N) is 1. The topological polar surface area (TPSA) is 63.3 Å². The Morgan fingerprint density at radius 3 is 2.38 bits per heavy atom. The van der Waals surface area contributed by atoms with Crippen LogP contribution in [-0.4, -0.2) is 11.1 Å². The van der Waals surface area contributed by atoms with Gasteiger partial charge in [0.1, 0.15) is 0 Å². The lowest BCUT2D eigenvalue weighted by molar-refractivity contribution is -0.137. The van der Waals surface area contributed by atoms with Crippen molar-refractivity contribution in [3.8, 4) is 0 Å². The maximum atomic E-state index is 10.5. The molecular weight excluding hydrogens is 202 g/mol. The van der Waals surface area contributed by atoms with Crippen molar-refractivity contribution in [3.05, 3.63) is 34.4 Å². The molecule has 0 heterocycles. The molecule has 3 nitrogen and oxygen atoms in total. The quantitative estimate of drug-likeness (QED) is 0.821. The van der Waals surface area contributed by atoms with Gasteiger partial charge in [0.25, 0.3) is 0 Å². The number of carbonyl (C=O) groups is 1. The fourth-order valence-electron chi connectivity index (χ4n) is 1.82. The highest BCUT2D eigenvalue weighted by Crippen LogP contribution is 2.23. The number of aliphatic carboxylic acids is 1. The van der Waals surface area contributed by atoms with Gasteiger partial charge in [-0.2, -0.15) is 0 Å². The molecular formula is C13H19NO2. The van der Waals surface area contributed by atoms with Crippen LogP contribution in [-0.2, 0) is 4.79 Å². The first-order valence-electron chi connectivity index (χ1n) is 5.47. The van der Waals surface area contributed by atoms with Gasteiger partial charge in [-0.1, -0.05) is 12.1 Å². The number of carboxylic acid groups (broad SMARTS) is 1. The predicted molar refractivity (Wildman–Crippen MR) is 64.5 cm³/mol. The molecule has 1 rings (SSSR count). The Morgan fingerprint density at radius 1 is 1.25 bits per heavy atom. The van der Waals surface area contributed by atoms with Crippen molar-refractivity contribution in [2.45, 2.75) is 39.7 Å². The van der Waals surface area contributed by atoms with E-state index in [9.17, 15) is 4.79 Å². The fraction of sp³-hybridized carbons (Fsp3) is 0.462. The zero-order chi connectivity index (χ0) is 12.3. The Labute approximate surface area is 96.3 Å². The SMILES string of the molecule is Cc1cc(C)c(C(N)CCC(=O)O)cc1C. The number of rotatable bonds is 4. The van der Waals surface area contributed by atoms with Gasteiger partial charge in [-0.15, -0.1) is 0 Å². The molecule has 1 atom stereocenters. The highest BCUT2D eigenvalue weighted by Gasteiger charge is 2.11. The van der Waals surface area contributed by atoms with E-state index >= 15 is 0 Å². The number of benzene rings is 1. The van der Waals surface area contributed by atoms with Crippen LogP contribution in [0, 0.1) is 20.8 Å². The molecule has 3 heteroatoms. The molecule has 16 heavy (non-hydrogen) atoms. The molecule has 3 N–H and O–H groups in total. The number of hydrogen-bond acceptors (Lipinski definition) is 2. The summed E-state index contributed by atoms with van der Waals surface area (Å²) in [6, 6.07) is 3.98. The molecule has 1 aromatic rings. The molecule has 0 spiro atoms. The lowest BCUT2D eigenvalue weighted by Crippen LogP contribution is -2.14. The minimum Gasteiger partial charge on any atom is -0.481 e. The van der Waals surface area contributed by atoms with Crippen molar-refractivity contribution >= 4 is 5.97 Å². The first-order valence-corrected chi connectivity index (χ1v) is 5.47. The fourth-order valence-corrected chi connectivity index (χ4v) is 1.82. The zero-order valence-corrected chi connectivity index (χ0v) is 10.1. The van der Waals surface area contributed by atoms with Crippen LogP contribution in [0.25, 0.3) is 0 Å². The molecule has 0 bridgehead atoms. The Hall–Kier alpha value is -1.35. The van der Waals surface area contributed by atoms with Crippen LogP contribution >= 0.6 is 0 Å². The maximum absolute atomic E-state index is 10.5. The summed E-state index contributed by atoms with van der Waals surface area (Å²) in [7, 11) is 0. The number of hydrogen-bond donors (Lipinski definition) is 2. The van der Waals surface area contributed by atoms with Crippen LogP contribution in [0.5, 0.6) is 0 Å². The van der Waals surface area contributed by atoms with E-state index in [1.165, 1.54) is 11.1 Å². The van der Waals surface area contributed by atoms with E-state index in [0.717, 1.165) is 11.1 Å². The summed E-state index contributed by atoms with van der Waals surface area (Å²) < 4.78 is 0. The van der Waals surface area contributed by atoms with Crippen molar-refractivity contribution in [3.63, 3.8) is 0 Å². The lowest BCUT2D eigenvalue weighted by atomic mass is 9.94. The first kappa shape index (κ1) is 12.7. The van der Waals surface area contributed by atoms with Gasteiger partial charge in [0, 0.05) is 12.5 Å². The molecule has 0 amide bonds. The van der Waals surface area contributed by atoms with Crippen LogP contribution in [0.4, 0.5) is 0 Å². The van der Waals surface area contributed by atoms with Crippen LogP contribution < -0.4 is 5.73 Å². The predicted octanol–water partition coefficient (Wildman–Crippen LogP) is 2.48. The lowest BCUT2D eigenvalue weighted by Gasteiger charge is -2.16. The second-order valence-electron chi connectivity index (χ2n) is 4.33. The molecule has 0 aliphatic carbocycles. The largest absolute Gasteiger partial charge is 0.481 e. The van der Waals surface area contributed by atoms with Crippen molar-refractivity contribution in [2.75, 3.05) is 0 Å². The third-order valence-electron chi connectivity index (χ3n) is 2.95. The highest BCUT2D eigenvalue weighted by atomic mass is 16.4. The second-order valence-corrected chi connectivity index (χ2v) is 4.33. The molecule has 0 aromatic heterocycles. The van der Waals surface area contributed by atoms with Crippen molar-refractivity contribution in [1.82, 2.24) is 0 Å². The van der Waals surface area contributed by atoms with Crippen molar-refractivity contribution < 1.29 is 9.90 Å². The van der Waals surface area contributed by atoms with Gasteiger partial charge >= 0.3 is 5.97 Å². The van der Waals surface area contributed by atoms with E-state index in [1.807, 2.05) is 13.8 Å². The average Bonchev–Trinajstić information content (AvgIpc) is 2.20. The molecule has 0 radical (unpaired) electrons. The van der Waals surface area contributed by atoms with Crippen LogP contribution in [0.15, 0.2) is 12.1 Å². The van der Waals surface area contributed by atoms with E-state index in [4.69, 9.17) is 10.8 Å². The summed E-state index contributed by atoms with van der Waals surface area (Å²) in [4.78, 5) is 10.5. The molecule has 1 unspecified atom stereocenters. The summed E-state index contributed by atoms with van der Waals surface area (Å²) in [5.74, 6) is -0.795. The smallest absolute Gasteiger partial charge is 0.303 e. The Morgan fingerprint density at radius 2 is 1.81 bits per heavy atom. The van der Waals surface area contributed by atoms with E-state index < -0.39 is 5.97 Å². The maximum Gasteiger partial charge on any atom is 0.303 e. The standard InChI is InChI=1S/C13H19NO2/c1-8-6-10(3)11(7-9(8)2)12(14)4-5-13(15)16/h6-7,12H,4-5,14H2,1-3H3,(H,15,16). The van der Waals surface area contributed by atoms with Gasteiger partial charge < -0.3 is 10.8 Å². The minimum atomic E-state index is -0.795. The average molecular weight is 221 g/mol. The normalized spacial score (nSPS) is 12.5. The molecule has 0 aliphatic rings. The Bertz CT molecular complexity index is 399. The van der Waals surface area contributed by atoms with Crippen molar-refractivity contribution in [1.29, 1.82) is 0 Å². The van der Waals surface area contributed by atoms with Gasteiger partial charge in [0.05, 0.1) is 0 Å². The third-order valence-corrected chi connectivity index (χ3v) is 2.95. The Balaban J connectivity index is 2.86. The molecule has 0 fully saturated rings. The minimum absolute atomic E-state index is 0.119. The van der Waals surface area contributed by atoms with Gasteiger partial charge in [-0.3, -0.25) is 4.79 Å². The molecule has 0 aliphatic heterocycles. The highest BCUT2D eigenvalue weighted by molar-refractivity contribution is 5.66. The number of carboxylic acids is 1. The Kier molecular flexibility index (Phi) is 4.07. The summed E-state index contributed by atoms with van der Waals surface area (Å²) >= 11 is 0. The second kappa shape index (κ2) is 5.12. The van der Waals surface area contributed by atoms with Crippen LogP contribution in [0.3, 0.4) is 0 Å². The van der Waals surface area contributed by atoms with Gasteiger partial charge in [-0.05, 0) is 49.4 Å². The van der Waals surface area contributed by atoms with Crippen LogP contribution in [0.1, 0.15) is 41.1 Å². The molecule has 0 saturated carbocycles. The van der Waals surface area contributed by atoms with Crippen molar-refractivity contribution in [2.24, 2.45) is 5.73 Å². The summed E-state index contributed by atoms with van der Waals surface area (Å²) in [6.45, 7) is 6.12. The molecule has 1 aromatic carbocycles. The number of aryl methyl sites for hydroxylation is 3. The van der Waals surface area contributed by atoms with E-state index in [2.05, 4.69) is 19.1 Å². The van der Waals surface area contributed by atoms with Gasteiger partial charge in [-0.25, -0.2) is 0 Å². The first-order chi connectivity index (χ1) is 7.41. The van der Waals surface area contributed by atoms with E-state index in [0.29, 0.717) is 6.42 Å². The molecule has 88 valence electrons. The van der Waals surface area contributed by atoms with Gasteiger partial charge in [0.2, 0.25) is 0 Å². The molecule has 0 saturated heterocycles.